The summed E-state index contributed by atoms with van der Waals surface area (Å²) < 4.78 is 279. The maximum absolute atomic E-state index is 14.7. The predicted molar refractivity (Wildman–Crippen MR) is 136 cm³/mol. The lowest BCUT2D eigenvalue weighted by molar-refractivity contribution is -0.470. The van der Waals surface area contributed by atoms with Gasteiger partial charge in [-0.15, -0.1) is 0 Å². The second-order valence-electron chi connectivity index (χ2n) is 12.0. The zero-order valence-corrected chi connectivity index (χ0v) is 25.8. The van der Waals surface area contributed by atoms with E-state index in [0.717, 1.165) is 37.8 Å². The van der Waals surface area contributed by atoms with Crippen LogP contribution in [0.2, 0.25) is 0 Å². The van der Waals surface area contributed by atoms with E-state index < -0.39 is 109 Å². The largest absolute Gasteiger partial charge is 0.460 e. The fourth-order valence-corrected chi connectivity index (χ4v) is 5.23. The highest BCUT2D eigenvalue weighted by Crippen LogP contribution is 2.66. The van der Waals surface area contributed by atoms with Crippen molar-refractivity contribution in [1.82, 2.24) is 0 Å². The first-order valence-corrected chi connectivity index (χ1v) is 14.9. The van der Waals surface area contributed by atoms with Crippen LogP contribution in [0.25, 0.3) is 0 Å². The first kappa shape index (κ1) is 44.5. The summed E-state index contributed by atoms with van der Waals surface area (Å²) >= 11 is 0. The van der Waals surface area contributed by atoms with Crippen LogP contribution in [-0.4, -0.2) is 59.5 Å². The fourth-order valence-electron chi connectivity index (χ4n) is 5.23. The molecule has 296 valence electrons. The number of carbonyl (C=O) groups is 1. The van der Waals surface area contributed by atoms with Crippen molar-refractivity contribution < 1.29 is 97.3 Å². The van der Waals surface area contributed by atoms with Gasteiger partial charge in [-0.3, -0.25) is 4.79 Å². The second kappa shape index (κ2) is 14.6. The Morgan fingerprint density at radius 3 is 1.47 bits per heavy atom. The Morgan fingerprint density at radius 2 is 1.04 bits per heavy atom. The third kappa shape index (κ3) is 7.56. The van der Waals surface area contributed by atoms with Gasteiger partial charge in [0.25, 0.3) is 0 Å². The topological polar surface area (TPSA) is 26.3 Å². The highest BCUT2D eigenvalue weighted by atomic mass is 19.4. The molecule has 0 unspecified atom stereocenters. The summed E-state index contributed by atoms with van der Waals surface area (Å²) in [6.07, 6.45) is -8.10. The number of benzene rings is 1. The number of esters is 1. The number of alkyl halides is 19. The van der Waals surface area contributed by atoms with Gasteiger partial charge in [-0.25, -0.2) is 4.39 Å². The zero-order valence-electron chi connectivity index (χ0n) is 25.8. The molecular formula is C29H28F20O2. The molecule has 0 N–H and O–H groups in total. The minimum Gasteiger partial charge on any atom is -0.423 e. The van der Waals surface area contributed by atoms with Crippen molar-refractivity contribution in [2.45, 2.75) is 125 Å². The highest BCUT2D eigenvalue weighted by Gasteiger charge is 2.96. The molecule has 0 atom stereocenters. The lowest BCUT2D eigenvalue weighted by Gasteiger charge is -2.45. The minimum atomic E-state index is -8.98. The number of hydrogen-bond donors (Lipinski definition) is 0. The molecule has 1 aliphatic carbocycles. The van der Waals surface area contributed by atoms with Crippen molar-refractivity contribution in [3.63, 3.8) is 0 Å². The molecule has 22 heteroatoms. The molecule has 0 radical (unpaired) electrons. The van der Waals surface area contributed by atoms with Gasteiger partial charge in [-0.05, 0) is 56.2 Å². The van der Waals surface area contributed by atoms with Crippen LogP contribution >= 0.6 is 0 Å². The maximum Gasteiger partial charge on any atom is 0.460 e. The average Bonchev–Trinajstić information content (AvgIpc) is 3.00. The Hall–Kier alpha value is -2.71. The van der Waals surface area contributed by atoms with Crippen LogP contribution < -0.4 is 4.74 Å². The van der Waals surface area contributed by atoms with Crippen LogP contribution in [0.3, 0.4) is 0 Å². The molecule has 1 fully saturated rings. The van der Waals surface area contributed by atoms with Crippen molar-refractivity contribution >= 4 is 5.97 Å². The third-order valence-electron chi connectivity index (χ3n) is 8.49. The molecule has 0 aromatic heterocycles. The normalized spacial score (nSPS) is 19.3. The molecule has 0 spiro atoms. The molecular weight excluding hydrogens is 760 g/mol. The lowest BCUT2D eigenvalue weighted by atomic mass is 9.75. The molecule has 1 aromatic rings. The van der Waals surface area contributed by atoms with Gasteiger partial charge < -0.3 is 4.74 Å². The smallest absolute Gasteiger partial charge is 0.423 e. The maximum atomic E-state index is 14.7. The van der Waals surface area contributed by atoms with Gasteiger partial charge in [0, 0.05) is 5.92 Å². The van der Waals surface area contributed by atoms with Crippen molar-refractivity contribution in [1.29, 1.82) is 0 Å². The molecule has 0 amide bonds. The summed E-state index contributed by atoms with van der Waals surface area (Å²) in [5.41, 5.74) is 0.504. The Kier molecular flexibility index (Phi) is 12.7. The standard InChI is InChI=1S/C29H28F20O2/c1-2-3-4-5-6-7-15-8-13-19(18(30)14-15)51-20(50)16-9-11-17(12-10-16)21(31,32)22(33,34)23(35,36)24(37,38)25(39,40)26(41,42)27(43,44)28(45,46)29(47,48)49/h8,13-14,16-17H,2-7,9-12H2,1H3/t16-,17-. The second-order valence-corrected chi connectivity index (χ2v) is 12.0. The molecule has 51 heavy (non-hydrogen) atoms. The summed E-state index contributed by atoms with van der Waals surface area (Å²) in [6.45, 7) is 1.99. The van der Waals surface area contributed by atoms with Gasteiger partial charge in [0.2, 0.25) is 0 Å². The Bertz CT molecular complexity index is 1350. The number of unbranched alkanes of at least 4 members (excludes halogenated alkanes) is 4. The molecule has 0 bridgehead atoms. The molecule has 0 heterocycles. The third-order valence-corrected chi connectivity index (χ3v) is 8.49. The number of halogens is 20. The zero-order chi connectivity index (χ0) is 39.9. The van der Waals surface area contributed by atoms with E-state index in [2.05, 4.69) is 0 Å². The molecule has 1 aliphatic rings. The molecule has 2 rings (SSSR count). The van der Waals surface area contributed by atoms with Crippen LogP contribution in [0.1, 0.15) is 70.3 Å². The van der Waals surface area contributed by atoms with Gasteiger partial charge in [0.1, 0.15) is 0 Å². The SMILES string of the molecule is CCCCCCCc1ccc(OC(=O)[C@H]2CC[C@H](C(F)(F)C(F)(F)C(F)(F)C(F)(F)C(F)(F)C(F)(F)C(F)(F)C(F)(F)C(F)(F)F)CC2)c(F)c1. The van der Waals surface area contributed by atoms with Crippen LogP contribution in [-0.2, 0) is 11.2 Å². The highest BCUT2D eigenvalue weighted by molar-refractivity contribution is 5.75. The van der Waals surface area contributed by atoms with E-state index in [1.807, 2.05) is 6.92 Å². The van der Waals surface area contributed by atoms with E-state index in [9.17, 15) is 92.6 Å². The first-order chi connectivity index (χ1) is 22.8. The number of carbonyl (C=O) groups excluding carboxylic acids is 1. The Balaban J connectivity index is 2.24. The van der Waals surface area contributed by atoms with E-state index >= 15 is 0 Å². The molecule has 2 nitrogen and oxygen atoms in total. The summed E-state index contributed by atoms with van der Waals surface area (Å²) in [4.78, 5) is 12.5. The minimum absolute atomic E-state index is 0.448. The molecule has 0 aliphatic heterocycles. The van der Waals surface area contributed by atoms with E-state index in [4.69, 9.17) is 4.74 Å². The Morgan fingerprint density at radius 1 is 0.608 bits per heavy atom. The quantitative estimate of drug-likeness (QED) is 0.0722. The van der Waals surface area contributed by atoms with Crippen molar-refractivity contribution in [3.8, 4) is 5.75 Å². The molecule has 1 saturated carbocycles. The summed E-state index contributed by atoms with van der Waals surface area (Å²) in [5, 5.41) is 0. The van der Waals surface area contributed by atoms with Crippen LogP contribution in [0.4, 0.5) is 87.8 Å². The summed E-state index contributed by atoms with van der Waals surface area (Å²) in [7, 11) is 0. The average molecular weight is 789 g/mol. The monoisotopic (exact) mass is 788 g/mol. The number of hydrogen-bond acceptors (Lipinski definition) is 2. The number of rotatable bonds is 16. The number of aryl methyl sites for hydroxylation is 1. The van der Waals surface area contributed by atoms with Crippen LogP contribution in [0.15, 0.2) is 18.2 Å². The van der Waals surface area contributed by atoms with Gasteiger partial charge in [-0.2, -0.15) is 83.4 Å². The number of ether oxygens (including phenoxy) is 1. The van der Waals surface area contributed by atoms with Crippen molar-refractivity contribution in [2.75, 3.05) is 0 Å². The predicted octanol–water partition coefficient (Wildman–Crippen LogP) is 11.7. The van der Waals surface area contributed by atoms with E-state index in [1.165, 1.54) is 6.07 Å². The van der Waals surface area contributed by atoms with Crippen molar-refractivity contribution in [3.05, 3.63) is 29.6 Å². The summed E-state index contributed by atoms with van der Waals surface area (Å²) in [6, 6.07) is 3.42. The van der Waals surface area contributed by atoms with Crippen LogP contribution in [0, 0.1) is 17.7 Å². The van der Waals surface area contributed by atoms with Gasteiger partial charge >= 0.3 is 59.5 Å². The Labute approximate surface area is 275 Å². The van der Waals surface area contributed by atoms with Gasteiger partial charge in [0.15, 0.2) is 11.6 Å². The van der Waals surface area contributed by atoms with Crippen LogP contribution in [0.5, 0.6) is 5.75 Å². The first-order valence-electron chi connectivity index (χ1n) is 14.9. The van der Waals surface area contributed by atoms with E-state index in [1.54, 1.807) is 0 Å². The lowest BCUT2D eigenvalue weighted by Crippen LogP contribution is -2.76. The van der Waals surface area contributed by atoms with Gasteiger partial charge in [0.05, 0.1) is 5.92 Å². The van der Waals surface area contributed by atoms with E-state index in [0.29, 0.717) is 18.4 Å². The van der Waals surface area contributed by atoms with E-state index in [-0.39, 0.29) is 0 Å². The molecule has 0 saturated heterocycles. The summed E-state index contributed by atoms with van der Waals surface area (Å²) in [5.74, 6) is -74.9. The molecule has 1 aromatic carbocycles. The van der Waals surface area contributed by atoms with Gasteiger partial charge in [-0.1, -0.05) is 38.7 Å². The van der Waals surface area contributed by atoms with Crippen molar-refractivity contribution in [2.24, 2.45) is 11.8 Å². The fraction of sp³-hybridized carbons (Fsp3) is 0.759.